The smallest absolute Gasteiger partial charge is 0.384 e. The topological polar surface area (TPSA) is 134 Å². The molecular formula is C23H30N4O5. The predicted octanol–water partition coefficient (Wildman–Crippen LogP) is 2.37. The third kappa shape index (κ3) is 5.93. The van der Waals surface area contributed by atoms with E-state index in [1.807, 2.05) is 32.9 Å². The van der Waals surface area contributed by atoms with Crippen LogP contribution in [0.5, 0.6) is 0 Å². The molecule has 0 bridgehead atoms. The van der Waals surface area contributed by atoms with Crippen LogP contribution in [0.2, 0.25) is 0 Å². The molecule has 1 saturated carbocycles. The van der Waals surface area contributed by atoms with Gasteiger partial charge in [0.2, 0.25) is 11.7 Å². The molecule has 0 spiro atoms. The number of nitrogens with one attached hydrogen (secondary N) is 3. The van der Waals surface area contributed by atoms with Crippen molar-refractivity contribution >= 4 is 17.6 Å². The molecule has 3 rings (SSSR count). The van der Waals surface area contributed by atoms with Crippen molar-refractivity contribution in [2.24, 2.45) is 11.8 Å². The van der Waals surface area contributed by atoms with Crippen LogP contribution in [0.15, 0.2) is 33.5 Å². The average molecular weight is 443 g/mol. The average Bonchev–Trinajstić information content (AvgIpc) is 3.19. The van der Waals surface area contributed by atoms with E-state index >= 15 is 0 Å². The van der Waals surface area contributed by atoms with Gasteiger partial charge in [0, 0.05) is 11.6 Å². The minimum absolute atomic E-state index is 0.110. The predicted molar refractivity (Wildman–Crippen MR) is 117 cm³/mol. The molecule has 1 aromatic heterocycles. The highest BCUT2D eigenvalue weighted by molar-refractivity contribution is 5.99. The molecule has 2 aromatic rings. The molecule has 9 nitrogen and oxygen atoms in total. The van der Waals surface area contributed by atoms with E-state index in [1.54, 1.807) is 12.1 Å². The van der Waals surface area contributed by atoms with Gasteiger partial charge in [-0.05, 0) is 44.2 Å². The molecule has 1 aromatic carbocycles. The minimum Gasteiger partial charge on any atom is -0.384 e. The minimum atomic E-state index is -0.871. The standard InChI is InChI=1S/C23H30N4O5/c1-13(2)12-18(19(28)22-26-27-23(31)32-22)25-21(30)16-6-4-5-7-17(16)24-20(29)15-10-8-14(3)9-11-15/h8-11,13,16-18H,4-7,12H2,1-3H3,(H,24,29)(H,25,30)(H,27,31)/t16-,17+,18?/m1/s1. The number of Topliss-reactive ketones (excluding diaryl/α,β-unsaturated/α-hetero) is 1. The number of aryl methyl sites for hydroxylation is 1. The highest BCUT2D eigenvalue weighted by Gasteiger charge is 2.35. The zero-order valence-corrected chi connectivity index (χ0v) is 18.6. The molecule has 172 valence electrons. The zero-order valence-electron chi connectivity index (χ0n) is 18.6. The lowest BCUT2D eigenvalue weighted by molar-refractivity contribution is -0.127. The molecule has 0 radical (unpaired) electrons. The Morgan fingerprint density at radius 1 is 1.16 bits per heavy atom. The van der Waals surface area contributed by atoms with Crippen molar-refractivity contribution < 1.29 is 18.8 Å². The van der Waals surface area contributed by atoms with Crippen LogP contribution in [-0.4, -0.2) is 39.9 Å². The van der Waals surface area contributed by atoms with E-state index in [2.05, 4.69) is 20.8 Å². The first kappa shape index (κ1) is 23.4. The van der Waals surface area contributed by atoms with Crippen molar-refractivity contribution in [2.45, 2.75) is 65.0 Å². The molecule has 1 aliphatic carbocycles. The molecule has 2 amide bonds. The van der Waals surface area contributed by atoms with Gasteiger partial charge in [0.25, 0.3) is 11.8 Å². The van der Waals surface area contributed by atoms with Gasteiger partial charge in [-0.3, -0.25) is 14.4 Å². The lowest BCUT2D eigenvalue weighted by atomic mass is 9.83. The van der Waals surface area contributed by atoms with Crippen LogP contribution >= 0.6 is 0 Å². The Bertz CT molecular complexity index is 1010. The molecule has 0 aliphatic heterocycles. The van der Waals surface area contributed by atoms with Gasteiger partial charge in [-0.1, -0.05) is 44.4 Å². The summed E-state index contributed by atoms with van der Waals surface area (Å²) in [5, 5.41) is 11.5. The maximum absolute atomic E-state index is 13.2. The first-order valence-electron chi connectivity index (χ1n) is 11.0. The highest BCUT2D eigenvalue weighted by atomic mass is 16.4. The van der Waals surface area contributed by atoms with Gasteiger partial charge in [-0.2, -0.15) is 0 Å². The number of carbonyl (C=O) groups is 3. The van der Waals surface area contributed by atoms with E-state index in [-0.39, 0.29) is 29.7 Å². The molecule has 1 heterocycles. The summed E-state index contributed by atoms with van der Waals surface area (Å²) in [5.41, 5.74) is 1.60. The summed E-state index contributed by atoms with van der Waals surface area (Å²) in [6.07, 6.45) is 3.45. The molecule has 1 unspecified atom stereocenters. The van der Waals surface area contributed by atoms with E-state index in [0.29, 0.717) is 24.8 Å². The Morgan fingerprint density at radius 3 is 2.47 bits per heavy atom. The maximum Gasteiger partial charge on any atom is 0.434 e. The van der Waals surface area contributed by atoms with Crippen molar-refractivity contribution in [1.82, 2.24) is 20.8 Å². The monoisotopic (exact) mass is 442 g/mol. The molecule has 0 saturated heterocycles. The van der Waals surface area contributed by atoms with Gasteiger partial charge >= 0.3 is 5.76 Å². The van der Waals surface area contributed by atoms with Crippen LogP contribution in [0.1, 0.15) is 72.6 Å². The molecule has 3 N–H and O–H groups in total. The molecule has 3 atom stereocenters. The van der Waals surface area contributed by atoms with Crippen LogP contribution in [0, 0.1) is 18.8 Å². The second kappa shape index (κ2) is 10.4. The quantitative estimate of drug-likeness (QED) is 0.537. The van der Waals surface area contributed by atoms with Gasteiger partial charge in [0.15, 0.2) is 0 Å². The number of aromatic nitrogens is 2. The van der Waals surface area contributed by atoms with Crippen LogP contribution in [0.25, 0.3) is 0 Å². The number of amides is 2. The Kier molecular flexibility index (Phi) is 7.61. The van der Waals surface area contributed by atoms with Gasteiger partial charge < -0.3 is 15.1 Å². The number of benzene rings is 1. The van der Waals surface area contributed by atoms with Crippen molar-refractivity contribution in [2.75, 3.05) is 0 Å². The van der Waals surface area contributed by atoms with Gasteiger partial charge in [0.1, 0.15) is 0 Å². The van der Waals surface area contributed by atoms with Gasteiger partial charge in [-0.15, -0.1) is 5.10 Å². The molecular weight excluding hydrogens is 412 g/mol. The number of ketones is 1. The van der Waals surface area contributed by atoms with Crippen molar-refractivity contribution in [3.05, 3.63) is 51.8 Å². The summed E-state index contributed by atoms with van der Waals surface area (Å²) in [5.74, 6) is -2.59. The van der Waals surface area contributed by atoms with Crippen LogP contribution in [0.3, 0.4) is 0 Å². The first-order chi connectivity index (χ1) is 15.2. The fourth-order valence-electron chi connectivity index (χ4n) is 4.04. The fourth-order valence-corrected chi connectivity index (χ4v) is 4.04. The second-order valence-corrected chi connectivity index (χ2v) is 8.81. The molecule has 32 heavy (non-hydrogen) atoms. The van der Waals surface area contributed by atoms with Crippen molar-refractivity contribution in [1.29, 1.82) is 0 Å². The van der Waals surface area contributed by atoms with E-state index in [0.717, 1.165) is 18.4 Å². The Balaban J connectivity index is 1.71. The fraction of sp³-hybridized carbons (Fsp3) is 0.522. The number of aromatic amines is 1. The maximum atomic E-state index is 13.2. The summed E-state index contributed by atoms with van der Waals surface area (Å²) in [6.45, 7) is 5.81. The van der Waals surface area contributed by atoms with Crippen LogP contribution < -0.4 is 16.4 Å². The third-order valence-electron chi connectivity index (χ3n) is 5.72. The molecule has 9 heteroatoms. The number of H-pyrrole nitrogens is 1. The van der Waals surface area contributed by atoms with Crippen LogP contribution in [0.4, 0.5) is 0 Å². The second-order valence-electron chi connectivity index (χ2n) is 8.81. The van der Waals surface area contributed by atoms with Crippen LogP contribution in [-0.2, 0) is 4.79 Å². The molecule has 1 fully saturated rings. The SMILES string of the molecule is Cc1ccc(C(=O)N[C@H]2CCCC[C@H]2C(=O)NC(CC(C)C)C(=O)c2n[nH]c(=O)o2)cc1. The van der Waals surface area contributed by atoms with E-state index < -0.39 is 23.5 Å². The Morgan fingerprint density at radius 2 is 1.84 bits per heavy atom. The third-order valence-corrected chi connectivity index (χ3v) is 5.72. The summed E-state index contributed by atoms with van der Waals surface area (Å²) in [6, 6.07) is 6.07. The summed E-state index contributed by atoms with van der Waals surface area (Å²) in [4.78, 5) is 49.9. The highest BCUT2D eigenvalue weighted by Crippen LogP contribution is 2.26. The number of carbonyl (C=O) groups excluding carboxylic acids is 3. The van der Waals surface area contributed by atoms with Crippen molar-refractivity contribution in [3.63, 3.8) is 0 Å². The summed E-state index contributed by atoms with van der Waals surface area (Å²) < 4.78 is 4.79. The number of nitrogens with zero attached hydrogens (tertiary/aromatic N) is 1. The van der Waals surface area contributed by atoms with Gasteiger partial charge in [-0.25, -0.2) is 9.89 Å². The van der Waals surface area contributed by atoms with E-state index in [9.17, 15) is 19.2 Å². The zero-order chi connectivity index (χ0) is 23.3. The number of rotatable bonds is 8. The van der Waals surface area contributed by atoms with Crippen molar-refractivity contribution in [3.8, 4) is 0 Å². The first-order valence-corrected chi connectivity index (χ1v) is 11.0. The largest absolute Gasteiger partial charge is 0.434 e. The van der Waals surface area contributed by atoms with E-state index in [1.165, 1.54) is 0 Å². The van der Waals surface area contributed by atoms with E-state index in [4.69, 9.17) is 4.42 Å². The normalized spacial score (nSPS) is 19.4. The Labute approximate surface area is 186 Å². The lowest BCUT2D eigenvalue weighted by Gasteiger charge is -2.32. The number of hydrogen-bond donors (Lipinski definition) is 3. The number of hydrogen-bond acceptors (Lipinski definition) is 6. The lowest BCUT2D eigenvalue weighted by Crippen LogP contribution is -2.52. The Hall–Kier alpha value is -3.23. The van der Waals surface area contributed by atoms with Gasteiger partial charge in [0.05, 0.1) is 12.0 Å². The summed E-state index contributed by atoms with van der Waals surface area (Å²) in [7, 11) is 0. The molecule has 1 aliphatic rings. The summed E-state index contributed by atoms with van der Waals surface area (Å²) >= 11 is 0.